The van der Waals surface area contributed by atoms with Crippen LogP contribution in [0.1, 0.15) is 34.8 Å². The number of hydrogen-bond acceptors (Lipinski definition) is 5. The normalized spacial score (nSPS) is 17.1. The summed E-state index contributed by atoms with van der Waals surface area (Å²) in [6.07, 6.45) is 8.69. The Morgan fingerprint density at radius 3 is 2.92 bits per heavy atom. The third kappa shape index (κ3) is 3.56. The quantitative estimate of drug-likeness (QED) is 0.757. The molecule has 26 heavy (non-hydrogen) atoms. The van der Waals surface area contributed by atoms with E-state index in [-0.39, 0.29) is 5.91 Å². The number of imidazole rings is 1. The van der Waals surface area contributed by atoms with Gasteiger partial charge in [0.1, 0.15) is 17.3 Å². The van der Waals surface area contributed by atoms with Crippen molar-refractivity contribution < 1.29 is 4.79 Å². The van der Waals surface area contributed by atoms with Crippen LogP contribution in [0, 0.1) is 0 Å². The van der Waals surface area contributed by atoms with E-state index < -0.39 is 0 Å². The Kier molecular flexibility index (Phi) is 4.59. The number of aromatic nitrogens is 4. The summed E-state index contributed by atoms with van der Waals surface area (Å²) in [5.41, 5.74) is 1.72. The number of rotatable bonds is 4. The maximum absolute atomic E-state index is 12.6. The first-order chi connectivity index (χ1) is 12.8. The van der Waals surface area contributed by atoms with Crippen molar-refractivity contribution >= 4 is 17.5 Å². The highest BCUT2D eigenvalue weighted by molar-refractivity contribution is 5.92. The number of nitrogens with zero attached hydrogens (tertiary/aromatic N) is 4. The number of amides is 1. The zero-order valence-corrected chi connectivity index (χ0v) is 14.3. The van der Waals surface area contributed by atoms with Crippen LogP contribution >= 0.6 is 0 Å². The second kappa shape index (κ2) is 7.35. The molecule has 2 N–H and O–H groups in total. The van der Waals surface area contributed by atoms with E-state index in [0.29, 0.717) is 18.2 Å². The van der Waals surface area contributed by atoms with E-state index in [1.807, 2.05) is 35.2 Å². The summed E-state index contributed by atoms with van der Waals surface area (Å²) in [5, 5.41) is 3.22. The summed E-state index contributed by atoms with van der Waals surface area (Å²) in [5.74, 6) is 1.83. The molecule has 1 aliphatic rings. The van der Waals surface area contributed by atoms with Crippen molar-refractivity contribution in [1.82, 2.24) is 24.8 Å². The van der Waals surface area contributed by atoms with Crippen LogP contribution in [0.15, 0.2) is 55.2 Å². The van der Waals surface area contributed by atoms with Crippen LogP contribution in [0.25, 0.3) is 0 Å². The number of carbonyl (C=O) groups is 1. The molecule has 3 aromatic rings. The first kappa shape index (κ1) is 16.3. The summed E-state index contributed by atoms with van der Waals surface area (Å²) in [6, 6.07) is 9.78. The lowest BCUT2D eigenvalue weighted by molar-refractivity contribution is 0.0702. The maximum atomic E-state index is 12.6. The molecule has 1 aliphatic heterocycles. The van der Waals surface area contributed by atoms with Crippen LogP contribution in [-0.2, 0) is 0 Å². The number of hydrogen-bond donors (Lipinski definition) is 2. The van der Waals surface area contributed by atoms with Crippen molar-refractivity contribution in [2.75, 3.05) is 18.4 Å². The lowest BCUT2D eigenvalue weighted by Crippen LogP contribution is -2.39. The van der Waals surface area contributed by atoms with Gasteiger partial charge in [0, 0.05) is 31.4 Å². The molecule has 1 fully saturated rings. The summed E-state index contributed by atoms with van der Waals surface area (Å²) >= 11 is 0. The lowest BCUT2D eigenvalue weighted by Gasteiger charge is -2.32. The maximum Gasteiger partial charge on any atom is 0.271 e. The van der Waals surface area contributed by atoms with Crippen LogP contribution in [0.4, 0.5) is 11.6 Å². The van der Waals surface area contributed by atoms with Crippen LogP contribution in [0.5, 0.6) is 0 Å². The van der Waals surface area contributed by atoms with Gasteiger partial charge in [-0.05, 0) is 42.7 Å². The molecular formula is C19H20N6O. The van der Waals surface area contributed by atoms with Gasteiger partial charge in [0.15, 0.2) is 0 Å². The van der Waals surface area contributed by atoms with Gasteiger partial charge in [-0.25, -0.2) is 15.0 Å². The third-order valence-electron chi connectivity index (χ3n) is 4.61. The van der Waals surface area contributed by atoms with Crippen molar-refractivity contribution in [1.29, 1.82) is 0 Å². The molecule has 0 aromatic carbocycles. The van der Waals surface area contributed by atoms with Gasteiger partial charge < -0.3 is 15.2 Å². The molecule has 132 valence electrons. The summed E-state index contributed by atoms with van der Waals surface area (Å²) in [4.78, 5) is 29.9. The standard InChI is InChI=1S/C19H20N6O/c26-19(16-11-20-13-23-16)25-9-3-4-15(12-25)14-6-8-22-18(10-14)24-17-5-1-2-7-21-17/h1-2,5-8,10-11,13,15H,3-4,9,12H2,(H,20,23)(H,21,22,24)/t15-/m1/s1. The van der Waals surface area contributed by atoms with Crippen molar-refractivity contribution in [2.24, 2.45) is 0 Å². The summed E-state index contributed by atoms with van der Waals surface area (Å²) < 4.78 is 0. The number of nitrogens with one attached hydrogen (secondary N) is 2. The van der Waals surface area contributed by atoms with Gasteiger partial charge in [-0.1, -0.05) is 6.07 Å². The fourth-order valence-electron chi connectivity index (χ4n) is 3.31. The number of anilines is 2. The average Bonchev–Trinajstić information content (AvgIpc) is 3.23. The third-order valence-corrected chi connectivity index (χ3v) is 4.61. The molecule has 1 saturated heterocycles. The van der Waals surface area contributed by atoms with Crippen LogP contribution in [-0.4, -0.2) is 43.8 Å². The fraction of sp³-hybridized carbons (Fsp3) is 0.263. The molecule has 0 bridgehead atoms. The molecule has 4 rings (SSSR count). The molecule has 4 heterocycles. The number of likely N-dealkylation sites (tertiary alicyclic amines) is 1. The van der Waals surface area contributed by atoms with Crippen molar-refractivity contribution in [2.45, 2.75) is 18.8 Å². The molecule has 7 heteroatoms. The molecule has 1 atom stereocenters. The van der Waals surface area contributed by atoms with E-state index in [4.69, 9.17) is 0 Å². The van der Waals surface area contributed by atoms with E-state index in [0.717, 1.165) is 31.0 Å². The molecule has 7 nitrogen and oxygen atoms in total. The van der Waals surface area contributed by atoms with Gasteiger partial charge in [-0.3, -0.25) is 4.79 Å². The molecular weight excluding hydrogens is 328 g/mol. The topological polar surface area (TPSA) is 86.8 Å². The largest absolute Gasteiger partial charge is 0.341 e. The van der Waals surface area contributed by atoms with Gasteiger partial charge >= 0.3 is 0 Å². The van der Waals surface area contributed by atoms with E-state index in [1.54, 1.807) is 18.6 Å². The number of carbonyl (C=O) groups excluding carboxylic acids is 1. The molecule has 0 radical (unpaired) electrons. The first-order valence-electron chi connectivity index (χ1n) is 8.71. The van der Waals surface area contributed by atoms with E-state index in [2.05, 4.69) is 25.3 Å². The smallest absolute Gasteiger partial charge is 0.271 e. The number of H-pyrrole nitrogens is 1. The van der Waals surface area contributed by atoms with Crippen molar-refractivity contribution in [3.8, 4) is 0 Å². The zero-order valence-electron chi connectivity index (χ0n) is 14.3. The Hall–Kier alpha value is -3.22. The van der Waals surface area contributed by atoms with Crippen molar-refractivity contribution in [3.63, 3.8) is 0 Å². The number of pyridine rings is 2. The van der Waals surface area contributed by atoms with E-state index >= 15 is 0 Å². The molecule has 0 unspecified atom stereocenters. The molecule has 0 spiro atoms. The second-order valence-corrected chi connectivity index (χ2v) is 6.37. The number of aromatic amines is 1. The Morgan fingerprint density at radius 1 is 1.19 bits per heavy atom. The average molecular weight is 348 g/mol. The van der Waals surface area contributed by atoms with Crippen LogP contribution < -0.4 is 5.32 Å². The van der Waals surface area contributed by atoms with Crippen molar-refractivity contribution in [3.05, 3.63) is 66.5 Å². The summed E-state index contributed by atoms with van der Waals surface area (Å²) in [6.45, 7) is 1.48. The van der Waals surface area contributed by atoms with Gasteiger partial charge in [-0.15, -0.1) is 0 Å². The van der Waals surface area contributed by atoms with Gasteiger partial charge in [-0.2, -0.15) is 0 Å². The minimum absolute atomic E-state index is 0.00749. The first-order valence-corrected chi connectivity index (χ1v) is 8.71. The summed E-state index contributed by atoms with van der Waals surface area (Å²) in [7, 11) is 0. The zero-order chi connectivity index (χ0) is 17.8. The van der Waals surface area contributed by atoms with Gasteiger partial charge in [0.2, 0.25) is 0 Å². The van der Waals surface area contributed by atoms with E-state index in [9.17, 15) is 4.79 Å². The number of piperidine rings is 1. The van der Waals surface area contributed by atoms with Crippen LogP contribution in [0.3, 0.4) is 0 Å². The molecule has 3 aromatic heterocycles. The second-order valence-electron chi connectivity index (χ2n) is 6.37. The monoisotopic (exact) mass is 348 g/mol. The lowest BCUT2D eigenvalue weighted by atomic mass is 9.91. The van der Waals surface area contributed by atoms with E-state index in [1.165, 1.54) is 11.9 Å². The Labute approximate surface area is 151 Å². The van der Waals surface area contributed by atoms with Gasteiger partial charge in [0.25, 0.3) is 5.91 Å². The molecule has 0 aliphatic carbocycles. The predicted octanol–water partition coefficient (Wildman–Crippen LogP) is 2.96. The Balaban J connectivity index is 1.48. The highest BCUT2D eigenvalue weighted by Crippen LogP contribution is 2.29. The Morgan fingerprint density at radius 2 is 2.12 bits per heavy atom. The highest BCUT2D eigenvalue weighted by Gasteiger charge is 2.26. The van der Waals surface area contributed by atoms with Crippen LogP contribution in [0.2, 0.25) is 0 Å². The van der Waals surface area contributed by atoms with Gasteiger partial charge in [0.05, 0.1) is 12.5 Å². The Bertz CT molecular complexity index is 865. The molecule has 0 saturated carbocycles. The SMILES string of the molecule is O=C(c1cnc[nH]1)N1CCC[C@@H](c2ccnc(Nc3ccccn3)c2)C1. The molecule has 1 amide bonds. The predicted molar refractivity (Wildman–Crippen MR) is 98.2 cm³/mol. The minimum atomic E-state index is 0.00749. The fourth-order valence-corrected chi connectivity index (χ4v) is 3.31. The highest BCUT2D eigenvalue weighted by atomic mass is 16.2. The minimum Gasteiger partial charge on any atom is -0.341 e.